The van der Waals surface area contributed by atoms with Gasteiger partial charge in [0.1, 0.15) is 6.10 Å². The Labute approximate surface area is 272 Å². The van der Waals surface area contributed by atoms with Crippen LogP contribution in [-0.2, 0) is 9.53 Å². The van der Waals surface area contributed by atoms with Crippen LogP contribution < -0.4 is 11.5 Å². The summed E-state index contributed by atoms with van der Waals surface area (Å²) < 4.78 is 6.35. The van der Waals surface area contributed by atoms with E-state index in [9.17, 15) is 4.79 Å². The zero-order chi connectivity index (χ0) is 32.5. The lowest BCUT2D eigenvalue weighted by Gasteiger charge is -2.58. The van der Waals surface area contributed by atoms with Crippen molar-refractivity contribution in [2.45, 2.75) is 182 Å². The van der Waals surface area contributed by atoms with Gasteiger partial charge in [-0.1, -0.05) is 72.0 Å². The number of esters is 1. The molecule has 0 radical (unpaired) electrons. The molecule has 1 unspecified atom stereocenters. The van der Waals surface area contributed by atoms with Gasteiger partial charge < -0.3 is 16.2 Å². The number of rotatable bonds is 14. The van der Waals surface area contributed by atoms with Gasteiger partial charge >= 0.3 is 5.97 Å². The van der Waals surface area contributed by atoms with E-state index in [0.717, 1.165) is 86.9 Å². The van der Waals surface area contributed by atoms with Crippen molar-refractivity contribution in [3.05, 3.63) is 11.6 Å². The second-order valence-corrected chi connectivity index (χ2v) is 18.7. The molecule has 4 N–H and O–H groups in total. The highest BCUT2D eigenvalue weighted by Gasteiger charge is 2.59. The summed E-state index contributed by atoms with van der Waals surface area (Å²) in [4.78, 5) is 13.6. The zero-order valence-corrected chi connectivity index (χ0v) is 30.5. The minimum absolute atomic E-state index is 0.0000824. The standard InChI is InChI=1S/C40H72N2O2/c1-27(2)12-10-13-28(3)33-17-18-34-32-16-15-30-26-31(20-24-39(30,8)35(32)21-25-40(33,34)9)44-36(43)29(19-23-38(6,7)42)14-11-22-37(4,5)41/h15,27-29,31-35H,10-14,16-26,41-42H2,1-9H3/t28-,29?,31+,32+,33-,34+,35+,39+,40-/m1/s1. The smallest absolute Gasteiger partial charge is 0.309 e. The van der Waals surface area contributed by atoms with Crippen LogP contribution in [0.15, 0.2) is 11.6 Å². The fraction of sp³-hybridized carbons (Fsp3) is 0.925. The molecule has 0 amide bonds. The summed E-state index contributed by atoms with van der Waals surface area (Å²) >= 11 is 0. The zero-order valence-electron chi connectivity index (χ0n) is 30.5. The number of ether oxygens (including phenoxy) is 1. The summed E-state index contributed by atoms with van der Waals surface area (Å²) in [7, 11) is 0. The Hall–Kier alpha value is -0.870. The molecule has 0 aromatic carbocycles. The van der Waals surface area contributed by atoms with Gasteiger partial charge in [-0.15, -0.1) is 0 Å². The molecule has 4 rings (SSSR count). The number of carbonyl (C=O) groups excluding carboxylic acids is 1. The summed E-state index contributed by atoms with van der Waals surface area (Å²) in [6.45, 7) is 20.8. The molecular weight excluding hydrogens is 540 g/mol. The first-order chi connectivity index (χ1) is 20.4. The van der Waals surface area contributed by atoms with Crippen molar-refractivity contribution in [3.63, 3.8) is 0 Å². The Bertz CT molecular complexity index is 988. The highest BCUT2D eigenvalue weighted by Crippen LogP contribution is 2.67. The molecule has 0 spiro atoms. The minimum Gasteiger partial charge on any atom is -0.462 e. The first kappa shape index (κ1) is 36.0. The number of fused-ring (bicyclic) bond motifs is 5. The number of nitrogens with two attached hydrogens (primary N) is 2. The van der Waals surface area contributed by atoms with E-state index in [-0.39, 0.29) is 34.5 Å². The van der Waals surface area contributed by atoms with Gasteiger partial charge in [-0.05, 0) is 145 Å². The monoisotopic (exact) mass is 613 g/mol. The highest BCUT2D eigenvalue weighted by atomic mass is 16.5. The molecule has 9 atom stereocenters. The molecule has 4 nitrogen and oxygen atoms in total. The van der Waals surface area contributed by atoms with Crippen LogP contribution in [0.1, 0.15) is 165 Å². The number of hydrogen-bond donors (Lipinski definition) is 2. The van der Waals surface area contributed by atoms with E-state index in [1.165, 1.54) is 51.4 Å². The van der Waals surface area contributed by atoms with Crippen LogP contribution in [0.4, 0.5) is 0 Å². The first-order valence-electron chi connectivity index (χ1n) is 18.9. The van der Waals surface area contributed by atoms with Crippen molar-refractivity contribution in [3.8, 4) is 0 Å². The van der Waals surface area contributed by atoms with Gasteiger partial charge in [0, 0.05) is 17.5 Å². The van der Waals surface area contributed by atoms with Gasteiger partial charge in [0.15, 0.2) is 0 Å². The van der Waals surface area contributed by atoms with Crippen LogP contribution in [0.2, 0.25) is 0 Å². The summed E-state index contributed by atoms with van der Waals surface area (Å²) in [6.07, 6.45) is 21.2. The van der Waals surface area contributed by atoms with Crippen molar-refractivity contribution in [2.75, 3.05) is 0 Å². The number of allylic oxidation sites excluding steroid dienone is 1. The number of carbonyl (C=O) groups is 1. The quantitative estimate of drug-likeness (QED) is 0.151. The summed E-state index contributed by atoms with van der Waals surface area (Å²) in [5, 5.41) is 0. The lowest BCUT2D eigenvalue weighted by molar-refractivity contribution is -0.157. The molecule has 44 heavy (non-hydrogen) atoms. The lowest BCUT2D eigenvalue weighted by atomic mass is 9.47. The van der Waals surface area contributed by atoms with Crippen molar-refractivity contribution < 1.29 is 9.53 Å². The van der Waals surface area contributed by atoms with Gasteiger partial charge in [0.25, 0.3) is 0 Å². The van der Waals surface area contributed by atoms with Crippen LogP contribution in [0.3, 0.4) is 0 Å². The largest absolute Gasteiger partial charge is 0.462 e. The van der Waals surface area contributed by atoms with E-state index in [0.29, 0.717) is 5.41 Å². The summed E-state index contributed by atoms with van der Waals surface area (Å²) in [5.74, 6) is 5.02. The van der Waals surface area contributed by atoms with Crippen LogP contribution in [0.25, 0.3) is 0 Å². The minimum atomic E-state index is -0.275. The van der Waals surface area contributed by atoms with Crippen LogP contribution in [0, 0.1) is 52.3 Å². The van der Waals surface area contributed by atoms with Crippen LogP contribution in [0.5, 0.6) is 0 Å². The topological polar surface area (TPSA) is 78.3 Å². The molecule has 4 aliphatic carbocycles. The van der Waals surface area contributed by atoms with Gasteiger partial charge in [-0.25, -0.2) is 0 Å². The van der Waals surface area contributed by atoms with Crippen LogP contribution in [-0.4, -0.2) is 23.2 Å². The van der Waals surface area contributed by atoms with E-state index in [4.69, 9.17) is 16.2 Å². The van der Waals surface area contributed by atoms with E-state index in [1.54, 1.807) is 5.57 Å². The molecule has 0 aromatic heterocycles. The highest BCUT2D eigenvalue weighted by molar-refractivity contribution is 5.72. The Balaban J connectivity index is 1.38. The fourth-order valence-electron chi connectivity index (χ4n) is 10.7. The lowest BCUT2D eigenvalue weighted by Crippen LogP contribution is -2.51. The predicted octanol–water partition coefficient (Wildman–Crippen LogP) is 9.98. The Morgan fingerprint density at radius 3 is 2.25 bits per heavy atom. The molecule has 4 aliphatic rings. The summed E-state index contributed by atoms with van der Waals surface area (Å²) in [5.41, 5.74) is 14.5. The molecule has 0 aliphatic heterocycles. The average molecular weight is 613 g/mol. The molecule has 3 fully saturated rings. The molecule has 4 heteroatoms. The molecule has 0 aromatic rings. The third kappa shape index (κ3) is 8.53. The van der Waals surface area contributed by atoms with Gasteiger partial charge in [-0.2, -0.15) is 0 Å². The van der Waals surface area contributed by atoms with E-state index < -0.39 is 0 Å². The third-order valence-electron chi connectivity index (χ3n) is 13.4. The van der Waals surface area contributed by atoms with E-state index >= 15 is 0 Å². The van der Waals surface area contributed by atoms with Crippen molar-refractivity contribution >= 4 is 5.97 Å². The molecule has 3 saturated carbocycles. The Morgan fingerprint density at radius 1 is 0.886 bits per heavy atom. The average Bonchev–Trinajstić information content (AvgIpc) is 3.26. The van der Waals surface area contributed by atoms with Crippen molar-refractivity contribution in [1.82, 2.24) is 0 Å². The maximum absolute atomic E-state index is 13.6. The summed E-state index contributed by atoms with van der Waals surface area (Å²) in [6, 6.07) is 0. The Kier molecular flexibility index (Phi) is 11.5. The van der Waals surface area contributed by atoms with Gasteiger partial charge in [0.05, 0.1) is 5.92 Å². The van der Waals surface area contributed by atoms with E-state index in [2.05, 4.69) is 68.4 Å². The SMILES string of the molecule is CC(C)CCC[C@@H](C)[C@H]1CC[C@H]2[C@@H]3CC=C4C[C@@H](OC(=O)C(CCCC(C)(C)N)CCC(C)(C)N)CC[C@]4(C)[C@H]3CC[C@]12C. The molecule has 0 heterocycles. The molecular formula is C40H72N2O2. The van der Waals surface area contributed by atoms with Gasteiger partial charge in [0.2, 0.25) is 0 Å². The van der Waals surface area contributed by atoms with Gasteiger partial charge in [-0.3, -0.25) is 4.79 Å². The van der Waals surface area contributed by atoms with Crippen LogP contribution >= 0.6 is 0 Å². The number of hydrogen-bond acceptors (Lipinski definition) is 4. The van der Waals surface area contributed by atoms with E-state index in [1.807, 2.05) is 0 Å². The maximum Gasteiger partial charge on any atom is 0.309 e. The molecule has 0 bridgehead atoms. The Morgan fingerprint density at radius 2 is 1.59 bits per heavy atom. The second kappa shape index (κ2) is 14.1. The fourth-order valence-corrected chi connectivity index (χ4v) is 10.7. The molecule has 254 valence electrons. The second-order valence-electron chi connectivity index (χ2n) is 18.7. The first-order valence-corrected chi connectivity index (χ1v) is 18.9. The normalized spacial score (nSPS) is 35.4. The maximum atomic E-state index is 13.6. The molecule has 0 saturated heterocycles. The third-order valence-corrected chi connectivity index (χ3v) is 13.4. The van der Waals surface area contributed by atoms with Crippen molar-refractivity contribution in [1.29, 1.82) is 0 Å². The van der Waals surface area contributed by atoms with Crippen molar-refractivity contribution in [2.24, 2.45) is 63.7 Å². The predicted molar refractivity (Wildman–Crippen MR) is 186 cm³/mol.